The maximum absolute atomic E-state index is 12.6. The van der Waals surface area contributed by atoms with E-state index in [1.165, 1.54) is 0 Å². The lowest BCUT2D eigenvalue weighted by Gasteiger charge is -2.33. The van der Waals surface area contributed by atoms with Gasteiger partial charge in [-0.25, -0.2) is 0 Å². The molecule has 1 aromatic rings. The summed E-state index contributed by atoms with van der Waals surface area (Å²) >= 11 is 0. The third-order valence-electron chi connectivity index (χ3n) is 4.59. The van der Waals surface area contributed by atoms with E-state index in [4.69, 9.17) is 5.73 Å². The maximum atomic E-state index is 12.6. The van der Waals surface area contributed by atoms with Crippen molar-refractivity contribution < 1.29 is 9.59 Å². The number of rotatable bonds is 2. The van der Waals surface area contributed by atoms with Gasteiger partial charge in [-0.05, 0) is 49.4 Å². The number of fused-ring (bicyclic) bond motifs is 1. The van der Waals surface area contributed by atoms with Crippen LogP contribution in [0.15, 0.2) is 18.2 Å². The molecule has 2 amide bonds. The van der Waals surface area contributed by atoms with Crippen molar-refractivity contribution in [3.8, 4) is 0 Å². The summed E-state index contributed by atoms with van der Waals surface area (Å²) in [6.45, 7) is 0. The van der Waals surface area contributed by atoms with Gasteiger partial charge in [0.2, 0.25) is 5.91 Å². The molecule has 1 aliphatic heterocycles. The van der Waals surface area contributed by atoms with E-state index >= 15 is 0 Å². The van der Waals surface area contributed by atoms with Crippen molar-refractivity contribution in [1.29, 1.82) is 0 Å². The third kappa shape index (κ3) is 2.78. The maximum Gasteiger partial charge on any atom is 0.253 e. The van der Waals surface area contributed by atoms with Crippen LogP contribution in [-0.4, -0.2) is 35.8 Å². The molecule has 3 N–H and O–H groups in total. The van der Waals surface area contributed by atoms with Gasteiger partial charge >= 0.3 is 0 Å². The van der Waals surface area contributed by atoms with E-state index in [2.05, 4.69) is 5.32 Å². The second kappa shape index (κ2) is 5.48. The second-order valence-electron chi connectivity index (χ2n) is 6.08. The molecule has 1 aliphatic carbocycles. The van der Waals surface area contributed by atoms with Gasteiger partial charge in [0.15, 0.2) is 0 Å². The van der Waals surface area contributed by atoms with E-state index in [1.54, 1.807) is 6.07 Å². The first kappa shape index (κ1) is 14.1. The number of nitrogens with one attached hydrogen (secondary N) is 1. The van der Waals surface area contributed by atoms with Gasteiger partial charge < -0.3 is 16.0 Å². The topological polar surface area (TPSA) is 75.4 Å². The number of carbonyl (C=O) groups excluding carboxylic acids is 2. The van der Waals surface area contributed by atoms with Crippen molar-refractivity contribution in [2.24, 2.45) is 5.73 Å². The van der Waals surface area contributed by atoms with Crippen molar-refractivity contribution in [2.45, 2.75) is 44.2 Å². The van der Waals surface area contributed by atoms with Gasteiger partial charge in [-0.15, -0.1) is 0 Å². The zero-order valence-corrected chi connectivity index (χ0v) is 12.3. The van der Waals surface area contributed by atoms with Gasteiger partial charge in [0.05, 0.1) is 6.42 Å². The Balaban J connectivity index is 1.73. The molecule has 1 fully saturated rings. The molecule has 1 aromatic carbocycles. The van der Waals surface area contributed by atoms with Crippen molar-refractivity contribution in [3.05, 3.63) is 29.3 Å². The molecule has 0 spiro atoms. The number of benzene rings is 1. The molecule has 0 radical (unpaired) electrons. The summed E-state index contributed by atoms with van der Waals surface area (Å²) in [7, 11) is 1.86. The van der Waals surface area contributed by atoms with Crippen LogP contribution in [0.5, 0.6) is 0 Å². The molecular formula is C16H21N3O2. The van der Waals surface area contributed by atoms with Crippen LogP contribution in [-0.2, 0) is 11.2 Å². The smallest absolute Gasteiger partial charge is 0.253 e. The fourth-order valence-electron chi connectivity index (χ4n) is 3.22. The average Bonchev–Trinajstić information content (AvgIpc) is 2.85. The standard InChI is InChI=1S/C16H21N3O2/c1-19(13-5-3-12(17)4-6-13)16(21)10-2-7-14-11(8-10)9-15(20)18-14/h2,7-8,12-13H,3-6,9,17H2,1H3,(H,18,20). The molecule has 0 aromatic heterocycles. The van der Waals surface area contributed by atoms with Gasteiger partial charge in [0, 0.05) is 30.4 Å². The molecule has 0 unspecified atom stereocenters. The highest BCUT2D eigenvalue weighted by Gasteiger charge is 2.26. The van der Waals surface area contributed by atoms with E-state index in [0.29, 0.717) is 12.0 Å². The lowest BCUT2D eigenvalue weighted by molar-refractivity contribution is -0.115. The van der Waals surface area contributed by atoms with Crippen LogP contribution in [0.2, 0.25) is 0 Å². The zero-order chi connectivity index (χ0) is 15.0. The summed E-state index contributed by atoms with van der Waals surface area (Å²) < 4.78 is 0. The Morgan fingerprint density at radius 1 is 1.29 bits per heavy atom. The van der Waals surface area contributed by atoms with Crippen LogP contribution in [0.25, 0.3) is 0 Å². The Kier molecular flexibility index (Phi) is 3.68. The lowest BCUT2D eigenvalue weighted by Crippen LogP contribution is -2.41. The second-order valence-corrected chi connectivity index (χ2v) is 6.08. The van der Waals surface area contributed by atoms with Crippen LogP contribution < -0.4 is 11.1 Å². The van der Waals surface area contributed by atoms with Crippen LogP contribution in [0.3, 0.4) is 0 Å². The Morgan fingerprint density at radius 3 is 2.71 bits per heavy atom. The van der Waals surface area contributed by atoms with Crippen LogP contribution in [0.1, 0.15) is 41.6 Å². The molecule has 112 valence electrons. The van der Waals surface area contributed by atoms with E-state index < -0.39 is 0 Å². The lowest BCUT2D eigenvalue weighted by atomic mass is 9.90. The predicted octanol–water partition coefficient (Wildman–Crippen LogP) is 1.52. The number of nitrogens with zero attached hydrogens (tertiary/aromatic N) is 1. The number of carbonyl (C=O) groups is 2. The molecule has 0 saturated heterocycles. The number of hydrogen-bond donors (Lipinski definition) is 2. The van der Waals surface area contributed by atoms with E-state index in [9.17, 15) is 9.59 Å². The van der Waals surface area contributed by atoms with Crippen molar-refractivity contribution in [3.63, 3.8) is 0 Å². The Morgan fingerprint density at radius 2 is 2.00 bits per heavy atom. The molecule has 5 nitrogen and oxygen atoms in total. The summed E-state index contributed by atoms with van der Waals surface area (Å²) in [6.07, 6.45) is 4.25. The Labute approximate surface area is 124 Å². The number of amides is 2. The fraction of sp³-hybridized carbons (Fsp3) is 0.500. The molecule has 2 aliphatic rings. The molecule has 0 atom stereocenters. The molecule has 3 rings (SSSR count). The normalized spacial score (nSPS) is 24.4. The Hall–Kier alpha value is -1.88. The van der Waals surface area contributed by atoms with Gasteiger partial charge in [0.1, 0.15) is 0 Å². The first-order chi connectivity index (χ1) is 10.0. The van der Waals surface area contributed by atoms with Crippen molar-refractivity contribution >= 4 is 17.5 Å². The van der Waals surface area contributed by atoms with E-state index in [-0.39, 0.29) is 23.9 Å². The van der Waals surface area contributed by atoms with Crippen molar-refractivity contribution in [1.82, 2.24) is 4.90 Å². The monoisotopic (exact) mass is 287 g/mol. The Bertz CT molecular complexity index is 577. The van der Waals surface area contributed by atoms with Crippen LogP contribution in [0, 0.1) is 0 Å². The van der Waals surface area contributed by atoms with Crippen molar-refractivity contribution in [2.75, 3.05) is 12.4 Å². The largest absolute Gasteiger partial charge is 0.339 e. The minimum absolute atomic E-state index is 0.00998. The SMILES string of the molecule is CN(C(=O)c1ccc2c(c1)CC(=O)N2)C1CCC(N)CC1. The highest BCUT2D eigenvalue weighted by atomic mass is 16.2. The molecule has 1 saturated carbocycles. The summed E-state index contributed by atoms with van der Waals surface area (Å²) in [5.74, 6) is 0.0156. The first-order valence-corrected chi connectivity index (χ1v) is 7.50. The molecule has 1 heterocycles. The molecule has 5 heteroatoms. The average molecular weight is 287 g/mol. The summed E-state index contributed by atoms with van der Waals surface area (Å²) in [5, 5.41) is 2.78. The first-order valence-electron chi connectivity index (χ1n) is 7.50. The number of hydrogen-bond acceptors (Lipinski definition) is 3. The van der Waals surface area contributed by atoms with Crippen LogP contribution >= 0.6 is 0 Å². The van der Waals surface area contributed by atoms with E-state index in [1.807, 2.05) is 24.1 Å². The molecular weight excluding hydrogens is 266 g/mol. The summed E-state index contributed by atoms with van der Waals surface area (Å²) in [6, 6.07) is 5.99. The van der Waals surface area contributed by atoms with Crippen LogP contribution in [0.4, 0.5) is 5.69 Å². The summed E-state index contributed by atoms with van der Waals surface area (Å²) in [4.78, 5) is 25.8. The molecule has 21 heavy (non-hydrogen) atoms. The van der Waals surface area contributed by atoms with Gasteiger partial charge in [-0.1, -0.05) is 0 Å². The quantitative estimate of drug-likeness (QED) is 0.866. The fourth-order valence-corrected chi connectivity index (χ4v) is 3.22. The van der Waals surface area contributed by atoms with Gasteiger partial charge in [-0.2, -0.15) is 0 Å². The van der Waals surface area contributed by atoms with Gasteiger partial charge in [-0.3, -0.25) is 9.59 Å². The highest BCUT2D eigenvalue weighted by Crippen LogP contribution is 2.26. The predicted molar refractivity (Wildman–Crippen MR) is 81.1 cm³/mol. The number of nitrogens with two attached hydrogens (primary N) is 1. The third-order valence-corrected chi connectivity index (χ3v) is 4.59. The highest BCUT2D eigenvalue weighted by molar-refractivity contribution is 6.01. The minimum atomic E-state index is -0.00998. The zero-order valence-electron chi connectivity index (χ0n) is 12.3. The molecule has 0 bridgehead atoms. The van der Waals surface area contributed by atoms with Gasteiger partial charge in [0.25, 0.3) is 5.91 Å². The minimum Gasteiger partial charge on any atom is -0.339 e. The summed E-state index contributed by atoms with van der Waals surface area (Å²) in [5.41, 5.74) is 8.30. The van der Waals surface area contributed by atoms with E-state index in [0.717, 1.165) is 36.9 Å². The number of anilines is 1.